The quantitative estimate of drug-likeness (QED) is 0.929. The lowest BCUT2D eigenvalue weighted by Gasteiger charge is -1.99. The predicted octanol–water partition coefficient (Wildman–Crippen LogP) is 2.54. The number of carbonyl (C=O) groups is 1. The number of carboxylic acids is 1. The molecule has 0 atom stereocenters. The third-order valence-electron chi connectivity index (χ3n) is 2.21. The minimum absolute atomic E-state index is 0.0544. The van der Waals surface area contributed by atoms with Gasteiger partial charge in [-0.2, -0.15) is 18.2 Å². The molecule has 0 aliphatic carbocycles. The van der Waals surface area contributed by atoms with E-state index in [4.69, 9.17) is 5.11 Å². The van der Waals surface area contributed by atoms with Gasteiger partial charge in [-0.05, 0) is 24.3 Å². The Morgan fingerprint density at radius 2 is 1.89 bits per heavy atom. The molecule has 0 fully saturated rings. The third-order valence-corrected chi connectivity index (χ3v) is 2.21. The minimum atomic E-state index is -4.41. The van der Waals surface area contributed by atoms with Gasteiger partial charge in [-0.15, -0.1) is 0 Å². The Balaban J connectivity index is 2.20. The smallest absolute Gasteiger partial charge is 0.396 e. The molecule has 0 unspecified atom stereocenters. The van der Waals surface area contributed by atoms with Crippen LogP contribution < -0.4 is 0 Å². The van der Waals surface area contributed by atoms with Crippen molar-refractivity contribution in [2.45, 2.75) is 12.6 Å². The van der Waals surface area contributed by atoms with Crippen molar-refractivity contribution in [2.24, 2.45) is 0 Å². The summed E-state index contributed by atoms with van der Waals surface area (Å²) in [6.45, 7) is 0. The normalized spacial score (nSPS) is 11.5. The summed E-state index contributed by atoms with van der Waals surface area (Å²) in [6, 6.07) is 5.36. The molecule has 8 heteroatoms. The Morgan fingerprint density at radius 3 is 2.42 bits per heavy atom. The number of aromatic nitrogens is 2. The van der Waals surface area contributed by atoms with Gasteiger partial charge in [0.05, 0.1) is 5.56 Å². The molecule has 2 rings (SSSR count). The average Bonchev–Trinajstić information content (AvgIpc) is 2.75. The van der Waals surface area contributed by atoms with Crippen molar-refractivity contribution in [1.29, 1.82) is 0 Å². The van der Waals surface area contributed by atoms with Crippen LogP contribution in [0, 0.1) is 0 Å². The highest BCUT2D eigenvalue weighted by Crippen LogP contribution is 2.22. The van der Waals surface area contributed by atoms with E-state index in [2.05, 4.69) is 14.7 Å². The van der Waals surface area contributed by atoms with Crippen LogP contribution in [0.25, 0.3) is 11.5 Å². The first-order valence-electron chi connectivity index (χ1n) is 5.08. The van der Waals surface area contributed by atoms with Gasteiger partial charge in [0, 0.05) is 5.56 Å². The molecule has 0 saturated carbocycles. The standard InChI is InChI=1S/C11H7F3N2O3/c12-11(13,14)5-8-15-9(19-16-8)6-1-3-7(4-2-6)10(17)18/h1-4H,5H2,(H,17,18). The van der Waals surface area contributed by atoms with Crippen molar-refractivity contribution in [1.82, 2.24) is 10.1 Å². The minimum Gasteiger partial charge on any atom is -0.478 e. The van der Waals surface area contributed by atoms with Crippen molar-refractivity contribution in [2.75, 3.05) is 0 Å². The van der Waals surface area contributed by atoms with Crippen LogP contribution in [0.4, 0.5) is 13.2 Å². The molecule has 1 N–H and O–H groups in total. The molecule has 0 bridgehead atoms. The summed E-state index contributed by atoms with van der Waals surface area (Å²) in [7, 11) is 0. The number of aromatic carboxylic acids is 1. The second-order valence-corrected chi connectivity index (χ2v) is 3.69. The fraction of sp³-hybridized carbons (Fsp3) is 0.182. The van der Waals surface area contributed by atoms with Crippen LogP contribution in [0.2, 0.25) is 0 Å². The molecule has 1 aromatic heterocycles. The lowest BCUT2D eigenvalue weighted by Crippen LogP contribution is -2.12. The maximum Gasteiger partial charge on any atom is 0.396 e. The Bertz CT molecular complexity index is 590. The first-order valence-corrected chi connectivity index (χ1v) is 5.08. The van der Waals surface area contributed by atoms with Crippen molar-refractivity contribution >= 4 is 5.97 Å². The lowest BCUT2D eigenvalue weighted by atomic mass is 10.1. The summed E-state index contributed by atoms with van der Waals surface area (Å²) in [4.78, 5) is 14.2. The SMILES string of the molecule is O=C(O)c1ccc(-c2nc(CC(F)(F)F)no2)cc1. The van der Waals surface area contributed by atoms with Gasteiger partial charge in [0.1, 0.15) is 6.42 Å². The van der Waals surface area contributed by atoms with Gasteiger partial charge in [0.2, 0.25) is 0 Å². The fourth-order valence-corrected chi connectivity index (χ4v) is 1.38. The number of carboxylic acid groups (broad SMARTS) is 1. The second-order valence-electron chi connectivity index (χ2n) is 3.69. The molecule has 1 aromatic carbocycles. The molecule has 0 spiro atoms. The molecule has 0 aliphatic rings. The molecule has 5 nitrogen and oxygen atoms in total. The molecule has 19 heavy (non-hydrogen) atoms. The largest absolute Gasteiger partial charge is 0.478 e. The van der Waals surface area contributed by atoms with Gasteiger partial charge < -0.3 is 9.63 Å². The van der Waals surface area contributed by atoms with Crippen LogP contribution in [0.1, 0.15) is 16.2 Å². The van der Waals surface area contributed by atoms with E-state index >= 15 is 0 Å². The third kappa shape index (κ3) is 3.30. The van der Waals surface area contributed by atoms with E-state index in [9.17, 15) is 18.0 Å². The number of halogens is 3. The maximum atomic E-state index is 12.1. The monoisotopic (exact) mass is 272 g/mol. The molecule has 0 radical (unpaired) electrons. The van der Waals surface area contributed by atoms with Gasteiger partial charge in [-0.1, -0.05) is 5.16 Å². The van der Waals surface area contributed by atoms with Crippen molar-refractivity contribution in [3.05, 3.63) is 35.7 Å². The first-order chi connectivity index (χ1) is 8.85. The van der Waals surface area contributed by atoms with Crippen LogP contribution in [0.3, 0.4) is 0 Å². The van der Waals surface area contributed by atoms with Crippen LogP contribution in [-0.2, 0) is 6.42 Å². The van der Waals surface area contributed by atoms with E-state index in [0.29, 0.717) is 5.56 Å². The second kappa shape index (κ2) is 4.71. The Kier molecular flexibility index (Phi) is 3.24. The number of hydrogen-bond acceptors (Lipinski definition) is 4. The molecule has 0 amide bonds. The predicted molar refractivity (Wildman–Crippen MR) is 56.5 cm³/mol. The molecule has 1 heterocycles. The zero-order valence-electron chi connectivity index (χ0n) is 9.31. The van der Waals surface area contributed by atoms with Crippen LogP contribution >= 0.6 is 0 Å². The van der Waals surface area contributed by atoms with Crippen LogP contribution in [0.15, 0.2) is 28.8 Å². The van der Waals surface area contributed by atoms with Crippen molar-refractivity contribution < 1.29 is 27.6 Å². The Hall–Kier alpha value is -2.38. The van der Waals surface area contributed by atoms with E-state index in [1.54, 1.807) is 0 Å². The van der Waals surface area contributed by atoms with Crippen LogP contribution in [0.5, 0.6) is 0 Å². The Labute approximate surface area is 104 Å². The number of nitrogens with zero attached hydrogens (tertiary/aromatic N) is 2. The highest BCUT2D eigenvalue weighted by molar-refractivity contribution is 5.88. The maximum absolute atomic E-state index is 12.1. The molecule has 0 aliphatic heterocycles. The van der Waals surface area contributed by atoms with Gasteiger partial charge in [-0.3, -0.25) is 0 Å². The summed E-state index contributed by atoms with van der Waals surface area (Å²) < 4.78 is 41.0. The van der Waals surface area contributed by atoms with Gasteiger partial charge in [0.15, 0.2) is 5.82 Å². The average molecular weight is 272 g/mol. The van der Waals surface area contributed by atoms with Gasteiger partial charge in [-0.25, -0.2) is 4.79 Å². The van der Waals surface area contributed by atoms with Gasteiger partial charge in [0.25, 0.3) is 5.89 Å². The van der Waals surface area contributed by atoms with Crippen molar-refractivity contribution in [3.8, 4) is 11.5 Å². The highest BCUT2D eigenvalue weighted by Gasteiger charge is 2.30. The summed E-state index contributed by atoms with van der Waals surface area (Å²) in [5.41, 5.74) is 0.407. The summed E-state index contributed by atoms with van der Waals surface area (Å²) in [5.74, 6) is -1.66. The zero-order chi connectivity index (χ0) is 14.0. The van der Waals surface area contributed by atoms with E-state index in [-0.39, 0.29) is 11.5 Å². The summed E-state index contributed by atoms with van der Waals surface area (Å²) in [5, 5.41) is 11.9. The summed E-state index contributed by atoms with van der Waals surface area (Å²) in [6.07, 6.45) is -5.68. The molecular weight excluding hydrogens is 265 g/mol. The van der Waals surface area contributed by atoms with Crippen LogP contribution in [-0.4, -0.2) is 27.4 Å². The first kappa shape index (κ1) is 13.1. The summed E-state index contributed by atoms with van der Waals surface area (Å²) >= 11 is 0. The fourth-order valence-electron chi connectivity index (χ4n) is 1.38. The molecular formula is C11H7F3N2O3. The van der Waals surface area contributed by atoms with E-state index in [1.165, 1.54) is 24.3 Å². The van der Waals surface area contributed by atoms with Gasteiger partial charge >= 0.3 is 12.1 Å². The number of rotatable bonds is 3. The highest BCUT2D eigenvalue weighted by atomic mass is 19.4. The zero-order valence-corrected chi connectivity index (χ0v) is 9.31. The van der Waals surface area contributed by atoms with E-state index in [1.807, 2.05) is 0 Å². The van der Waals surface area contributed by atoms with Crippen molar-refractivity contribution in [3.63, 3.8) is 0 Å². The van der Waals surface area contributed by atoms with E-state index in [0.717, 1.165) is 0 Å². The molecule has 100 valence electrons. The molecule has 2 aromatic rings. The lowest BCUT2D eigenvalue weighted by molar-refractivity contribution is -0.128. The molecule has 0 saturated heterocycles. The number of alkyl halides is 3. The van der Waals surface area contributed by atoms with E-state index < -0.39 is 24.4 Å². The number of hydrogen-bond donors (Lipinski definition) is 1. The topological polar surface area (TPSA) is 76.2 Å². The number of benzene rings is 1. The Morgan fingerprint density at radius 1 is 1.26 bits per heavy atom.